The summed E-state index contributed by atoms with van der Waals surface area (Å²) in [4.78, 5) is 11.8. The molecule has 1 aromatic carbocycles. The number of rotatable bonds is 4. The molecule has 2 aliphatic rings. The topological polar surface area (TPSA) is 38.3 Å². The summed E-state index contributed by atoms with van der Waals surface area (Å²) in [5.74, 6) is 1.37. The van der Waals surface area contributed by atoms with Crippen LogP contribution in [0, 0.1) is 0 Å². The minimum Gasteiger partial charge on any atom is -0.494 e. The number of halogens is 1. The van der Waals surface area contributed by atoms with E-state index in [1.807, 2.05) is 18.2 Å². The van der Waals surface area contributed by atoms with Gasteiger partial charge in [-0.25, -0.2) is 0 Å². The van der Waals surface area contributed by atoms with E-state index in [-0.39, 0.29) is 11.4 Å². The molecule has 3 nitrogen and oxygen atoms in total. The van der Waals surface area contributed by atoms with Crippen molar-refractivity contribution < 1.29 is 9.53 Å². The van der Waals surface area contributed by atoms with Gasteiger partial charge < -0.3 is 10.1 Å². The molecule has 1 fully saturated rings. The molecule has 0 bridgehead atoms. The molecule has 17 heavy (non-hydrogen) atoms. The maximum atomic E-state index is 11.8. The van der Waals surface area contributed by atoms with Crippen molar-refractivity contribution in [3.8, 4) is 5.75 Å². The average molecular weight is 252 g/mol. The number of ether oxygens (including phenoxy) is 1. The van der Waals surface area contributed by atoms with Crippen LogP contribution in [0.25, 0.3) is 0 Å². The zero-order valence-electron chi connectivity index (χ0n) is 9.46. The second-order valence-electron chi connectivity index (χ2n) is 4.63. The standard InChI is InChI=1S/C13H14ClNO2/c14-6-1-7-17-9-2-3-11-10(8-9)12(16)15-13(11)4-5-13/h2-3,8H,1,4-7H2,(H,15,16). The van der Waals surface area contributed by atoms with E-state index in [4.69, 9.17) is 16.3 Å². The van der Waals surface area contributed by atoms with E-state index in [0.29, 0.717) is 12.5 Å². The van der Waals surface area contributed by atoms with Crippen LogP contribution in [-0.2, 0) is 5.54 Å². The fourth-order valence-electron chi connectivity index (χ4n) is 2.33. The van der Waals surface area contributed by atoms with Gasteiger partial charge in [0.1, 0.15) is 5.75 Å². The summed E-state index contributed by atoms with van der Waals surface area (Å²) in [6.07, 6.45) is 2.92. The summed E-state index contributed by atoms with van der Waals surface area (Å²) in [6, 6.07) is 5.79. The van der Waals surface area contributed by atoms with Crippen molar-refractivity contribution in [2.45, 2.75) is 24.8 Å². The van der Waals surface area contributed by atoms with Crippen molar-refractivity contribution in [3.05, 3.63) is 29.3 Å². The van der Waals surface area contributed by atoms with E-state index in [1.165, 1.54) is 0 Å². The molecule has 1 aliphatic carbocycles. The maximum absolute atomic E-state index is 11.8. The SMILES string of the molecule is O=C1NC2(CC2)c2ccc(OCCCCl)cc21. The number of carbonyl (C=O) groups is 1. The number of fused-ring (bicyclic) bond motifs is 2. The molecule has 1 aliphatic heterocycles. The van der Waals surface area contributed by atoms with Gasteiger partial charge in [-0.3, -0.25) is 4.79 Å². The van der Waals surface area contributed by atoms with Gasteiger partial charge in [0.15, 0.2) is 0 Å². The minimum absolute atomic E-state index is 0.0280. The summed E-state index contributed by atoms with van der Waals surface area (Å²) in [5, 5.41) is 3.05. The van der Waals surface area contributed by atoms with Crippen LogP contribution in [0.1, 0.15) is 35.2 Å². The van der Waals surface area contributed by atoms with Gasteiger partial charge in [-0.1, -0.05) is 6.07 Å². The Balaban J connectivity index is 1.82. The van der Waals surface area contributed by atoms with Gasteiger partial charge in [0.2, 0.25) is 0 Å². The zero-order valence-corrected chi connectivity index (χ0v) is 10.2. The first-order valence-corrected chi connectivity index (χ1v) is 6.44. The summed E-state index contributed by atoms with van der Waals surface area (Å²) < 4.78 is 5.54. The molecular weight excluding hydrogens is 238 g/mol. The molecule has 0 radical (unpaired) electrons. The molecule has 1 spiro atoms. The van der Waals surface area contributed by atoms with Gasteiger partial charge in [0.05, 0.1) is 12.1 Å². The predicted octanol–water partition coefficient (Wildman–Crippen LogP) is 2.43. The number of nitrogens with one attached hydrogen (secondary N) is 1. The average Bonchev–Trinajstić information content (AvgIpc) is 3.04. The first kappa shape index (κ1) is 10.9. The molecule has 1 saturated carbocycles. The third-order valence-corrected chi connectivity index (χ3v) is 3.67. The van der Waals surface area contributed by atoms with E-state index < -0.39 is 0 Å². The summed E-state index contributed by atoms with van der Waals surface area (Å²) >= 11 is 5.59. The molecule has 1 aromatic rings. The molecule has 1 amide bonds. The van der Waals surface area contributed by atoms with Gasteiger partial charge in [0.25, 0.3) is 5.91 Å². The lowest BCUT2D eigenvalue weighted by molar-refractivity contribution is 0.0952. The van der Waals surface area contributed by atoms with E-state index >= 15 is 0 Å². The summed E-state index contributed by atoms with van der Waals surface area (Å²) in [5.41, 5.74) is 1.86. The third kappa shape index (κ3) is 1.78. The Labute approximate surface area is 105 Å². The Morgan fingerprint density at radius 3 is 2.94 bits per heavy atom. The van der Waals surface area contributed by atoms with E-state index in [0.717, 1.165) is 36.1 Å². The second kappa shape index (κ2) is 3.91. The highest BCUT2D eigenvalue weighted by Gasteiger charge is 2.52. The lowest BCUT2D eigenvalue weighted by atomic mass is 10.0. The van der Waals surface area contributed by atoms with Crippen LogP contribution < -0.4 is 10.1 Å². The van der Waals surface area contributed by atoms with Crippen LogP contribution in [-0.4, -0.2) is 18.4 Å². The second-order valence-corrected chi connectivity index (χ2v) is 5.01. The fraction of sp³-hybridized carbons (Fsp3) is 0.462. The Morgan fingerprint density at radius 2 is 2.24 bits per heavy atom. The molecular formula is C13H14ClNO2. The molecule has 0 saturated heterocycles. The fourth-order valence-corrected chi connectivity index (χ4v) is 2.44. The smallest absolute Gasteiger partial charge is 0.252 e. The first-order chi connectivity index (χ1) is 8.25. The van der Waals surface area contributed by atoms with Gasteiger partial charge in [-0.05, 0) is 37.0 Å². The number of hydrogen-bond acceptors (Lipinski definition) is 2. The van der Waals surface area contributed by atoms with E-state index in [2.05, 4.69) is 5.32 Å². The summed E-state index contributed by atoms with van der Waals surface area (Å²) in [6.45, 7) is 0.592. The Hall–Kier alpha value is -1.22. The minimum atomic E-state index is -0.0406. The quantitative estimate of drug-likeness (QED) is 0.659. The van der Waals surface area contributed by atoms with E-state index in [9.17, 15) is 4.79 Å². The molecule has 0 aromatic heterocycles. The van der Waals surface area contributed by atoms with Crippen LogP contribution >= 0.6 is 11.6 Å². The highest BCUT2D eigenvalue weighted by molar-refractivity contribution is 6.17. The molecule has 90 valence electrons. The molecule has 0 atom stereocenters. The molecule has 3 rings (SSSR count). The van der Waals surface area contributed by atoms with Gasteiger partial charge in [-0.2, -0.15) is 0 Å². The van der Waals surface area contributed by atoms with Crippen molar-refractivity contribution in [3.63, 3.8) is 0 Å². The van der Waals surface area contributed by atoms with Gasteiger partial charge in [-0.15, -0.1) is 11.6 Å². The Morgan fingerprint density at radius 1 is 1.41 bits per heavy atom. The largest absolute Gasteiger partial charge is 0.494 e. The lowest BCUT2D eigenvalue weighted by Gasteiger charge is -2.09. The number of alkyl halides is 1. The highest BCUT2D eigenvalue weighted by Crippen LogP contribution is 2.50. The van der Waals surface area contributed by atoms with Crippen LogP contribution in [0.15, 0.2) is 18.2 Å². The summed E-state index contributed by atoms with van der Waals surface area (Å²) in [7, 11) is 0. The highest BCUT2D eigenvalue weighted by atomic mass is 35.5. The van der Waals surface area contributed by atoms with Crippen LogP contribution in [0.4, 0.5) is 0 Å². The van der Waals surface area contributed by atoms with Gasteiger partial charge >= 0.3 is 0 Å². The monoisotopic (exact) mass is 251 g/mol. The normalized spacial score (nSPS) is 19.0. The van der Waals surface area contributed by atoms with Crippen LogP contribution in [0.3, 0.4) is 0 Å². The van der Waals surface area contributed by atoms with Crippen LogP contribution in [0.5, 0.6) is 5.75 Å². The molecule has 1 heterocycles. The van der Waals surface area contributed by atoms with Crippen LogP contribution in [0.2, 0.25) is 0 Å². The van der Waals surface area contributed by atoms with Gasteiger partial charge in [0, 0.05) is 11.4 Å². The maximum Gasteiger partial charge on any atom is 0.252 e. The Bertz CT molecular complexity index is 468. The third-order valence-electron chi connectivity index (χ3n) is 3.40. The number of carbonyl (C=O) groups excluding carboxylic acids is 1. The lowest BCUT2D eigenvalue weighted by Crippen LogP contribution is -2.25. The molecule has 4 heteroatoms. The first-order valence-electron chi connectivity index (χ1n) is 5.91. The van der Waals surface area contributed by atoms with Crippen molar-refractivity contribution >= 4 is 17.5 Å². The van der Waals surface area contributed by atoms with Crippen molar-refractivity contribution in [2.75, 3.05) is 12.5 Å². The number of benzene rings is 1. The number of amides is 1. The Kier molecular flexibility index (Phi) is 2.51. The predicted molar refractivity (Wildman–Crippen MR) is 65.7 cm³/mol. The molecule has 0 unspecified atom stereocenters. The number of hydrogen-bond donors (Lipinski definition) is 1. The molecule has 1 N–H and O–H groups in total. The van der Waals surface area contributed by atoms with E-state index in [1.54, 1.807) is 0 Å². The van der Waals surface area contributed by atoms with Crippen molar-refractivity contribution in [1.29, 1.82) is 0 Å². The van der Waals surface area contributed by atoms with Crippen molar-refractivity contribution in [1.82, 2.24) is 5.32 Å². The zero-order chi connectivity index (χ0) is 11.9. The van der Waals surface area contributed by atoms with Crippen molar-refractivity contribution in [2.24, 2.45) is 0 Å².